The van der Waals surface area contributed by atoms with E-state index in [4.69, 9.17) is 12.2 Å². The average molecular weight is 349 g/mol. The van der Waals surface area contributed by atoms with Gasteiger partial charge in [-0.25, -0.2) is 9.37 Å². The van der Waals surface area contributed by atoms with Crippen molar-refractivity contribution in [2.24, 2.45) is 0 Å². The number of hydrogen-bond donors (Lipinski definition) is 1. The number of nitrogens with zero attached hydrogens (tertiary/aromatic N) is 2. The lowest BCUT2D eigenvalue weighted by Gasteiger charge is -2.05. The van der Waals surface area contributed by atoms with Crippen molar-refractivity contribution < 1.29 is 4.39 Å². The molecule has 4 aromatic rings. The summed E-state index contributed by atoms with van der Waals surface area (Å²) in [6, 6.07) is 12.7. The van der Waals surface area contributed by atoms with E-state index in [9.17, 15) is 4.39 Å². The predicted molar refractivity (Wildman–Crippen MR) is 101 cm³/mol. The summed E-state index contributed by atoms with van der Waals surface area (Å²) in [6.45, 7) is 4.15. The smallest absolute Gasteiger partial charge is 0.205 e. The number of aryl methyl sites for hydroxylation is 2. The van der Waals surface area contributed by atoms with Crippen LogP contribution in [0.25, 0.3) is 28.0 Å². The lowest BCUT2D eigenvalue weighted by atomic mass is 10.0. The Morgan fingerprint density at radius 1 is 1.04 bits per heavy atom. The van der Waals surface area contributed by atoms with Gasteiger partial charge in [0, 0.05) is 23.5 Å². The van der Waals surface area contributed by atoms with E-state index >= 15 is 0 Å². The Kier molecular flexibility index (Phi) is 3.73. The van der Waals surface area contributed by atoms with Crippen LogP contribution in [0.4, 0.5) is 4.39 Å². The van der Waals surface area contributed by atoms with E-state index in [-0.39, 0.29) is 5.82 Å². The molecule has 124 valence electrons. The Labute approximate surface area is 149 Å². The maximum absolute atomic E-state index is 13.2. The van der Waals surface area contributed by atoms with E-state index in [0.29, 0.717) is 4.77 Å². The number of imidazole rings is 1. The van der Waals surface area contributed by atoms with Crippen LogP contribution in [0.5, 0.6) is 0 Å². The first-order chi connectivity index (χ1) is 12.0. The Hall–Kier alpha value is -2.79. The topological polar surface area (TPSA) is 33.1 Å². The van der Waals surface area contributed by atoms with Gasteiger partial charge in [-0.2, -0.15) is 0 Å². The highest BCUT2D eigenvalue weighted by Gasteiger charge is 2.12. The molecule has 3 nitrogen and oxygen atoms in total. The molecular weight excluding hydrogens is 333 g/mol. The summed E-state index contributed by atoms with van der Waals surface area (Å²) >= 11 is 5.38. The van der Waals surface area contributed by atoms with Gasteiger partial charge < -0.3 is 4.98 Å². The van der Waals surface area contributed by atoms with Crippen molar-refractivity contribution in [3.05, 3.63) is 76.6 Å². The fourth-order valence-corrected chi connectivity index (χ4v) is 3.21. The number of nitrogens with one attached hydrogen (secondary N) is 1. The van der Waals surface area contributed by atoms with Crippen LogP contribution in [-0.2, 0) is 0 Å². The zero-order valence-electron chi connectivity index (χ0n) is 13.9. The molecule has 0 unspecified atom stereocenters. The predicted octanol–water partition coefficient (Wildman–Crippen LogP) is 5.48. The van der Waals surface area contributed by atoms with E-state index in [1.807, 2.05) is 10.6 Å². The van der Waals surface area contributed by atoms with Crippen molar-refractivity contribution in [3.63, 3.8) is 0 Å². The molecule has 0 amide bonds. The molecule has 0 saturated carbocycles. The molecule has 0 saturated heterocycles. The van der Waals surface area contributed by atoms with Gasteiger partial charge in [-0.1, -0.05) is 29.8 Å². The van der Waals surface area contributed by atoms with Gasteiger partial charge in [0.15, 0.2) is 0 Å². The Bertz CT molecular complexity index is 1140. The molecule has 25 heavy (non-hydrogen) atoms. The molecule has 2 heterocycles. The number of aromatic nitrogens is 3. The highest BCUT2D eigenvalue weighted by atomic mass is 32.1. The molecule has 0 fully saturated rings. The van der Waals surface area contributed by atoms with Crippen LogP contribution < -0.4 is 0 Å². The highest BCUT2D eigenvalue weighted by Crippen LogP contribution is 2.29. The molecule has 2 aromatic heterocycles. The minimum atomic E-state index is -0.261. The summed E-state index contributed by atoms with van der Waals surface area (Å²) < 4.78 is 15.6. The zero-order chi connectivity index (χ0) is 17.6. The van der Waals surface area contributed by atoms with Crippen LogP contribution in [0.15, 0.2) is 54.9 Å². The van der Waals surface area contributed by atoms with Gasteiger partial charge in [-0.15, -0.1) is 0 Å². The number of benzene rings is 2. The monoisotopic (exact) mass is 349 g/mol. The van der Waals surface area contributed by atoms with Crippen molar-refractivity contribution >= 4 is 17.9 Å². The van der Waals surface area contributed by atoms with Gasteiger partial charge in [0.1, 0.15) is 11.5 Å². The first-order valence-electron chi connectivity index (χ1n) is 7.97. The maximum Gasteiger partial charge on any atom is 0.205 e. The third-order valence-corrected chi connectivity index (χ3v) is 4.66. The number of H-pyrrole nitrogens is 1. The first-order valence-corrected chi connectivity index (χ1v) is 8.38. The van der Waals surface area contributed by atoms with E-state index < -0.39 is 0 Å². The number of aromatic amines is 1. The van der Waals surface area contributed by atoms with Crippen molar-refractivity contribution in [2.75, 3.05) is 0 Å². The van der Waals surface area contributed by atoms with E-state index in [2.05, 4.69) is 42.0 Å². The number of fused-ring (bicyclic) bond motifs is 1. The van der Waals surface area contributed by atoms with Crippen LogP contribution in [0.3, 0.4) is 0 Å². The normalized spacial score (nSPS) is 11.2. The minimum Gasteiger partial charge on any atom is -0.339 e. The second-order valence-electron chi connectivity index (χ2n) is 6.17. The van der Waals surface area contributed by atoms with Crippen molar-refractivity contribution in [2.45, 2.75) is 13.8 Å². The Morgan fingerprint density at radius 3 is 2.56 bits per heavy atom. The van der Waals surface area contributed by atoms with Crippen molar-refractivity contribution in [3.8, 4) is 22.4 Å². The lowest BCUT2D eigenvalue weighted by molar-refractivity contribution is 0.628. The van der Waals surface area contributed by atoms with E-state index in [1.165, 1.54) is 23.3 Å². The third kappa shape index (κ3) is 2.76. The lowest BCUT2D eigenvalue weighted by Crippen LogP contribution is -1.92. The summed E-state index contributed by atoms with van der Waals surface area (Å²) in [5.41, 5.74) is 7.09. The largest absolute Gasteiger partial charge is 0.339 e. The maximum atomic E-state index is 13.2. The zero-order valence-corrected chi connectivity index (χ0v) is 14.7. The molecule has 2 aromatic carbocycles. The molecule has 0 spiro atoms. The molecule has 5 heteroatoms. The summed E-state index contributed by atoms with van der Waals surface area (Å²) in [6.07, 6.45) is 3.70. The van der Waals surface area contributed by atoms with Crippen molar-refractivity contribution in [1.29, 1.82) is 0 Å². The van der Waals surface area contributed by atoms with Crippen LogP contribution in [-0.4, -0.2) is 14.4 Å². The Morgan fingerprint density at radius 2 is 1.80 bits per heavy atom. The summed E-state index contributed by atoms with van der Waals surface area (Å²) in [4.78, 5) is 7.78. The fraction of sp³-hybridized carbons (Fsp3) is 0.100. The number of halogens is 1. The van der Waals surface area contributed by atoms with Crippen LogP contribution in [0.1, 0.15) is 11.1 Å². The highest BCUT2D eigenvalue weighted by molar-refractivity contribution is 7.71. The molecule has 4 rings (SSSR count). The van der Waals surface area contributed by atoms with Crippen molar-refractivity contribution in [1.82, 2.24) is 14.4 Å². The molecule has 0 bridgehead atoms. The molecule has 0 atom stereocenters. The Balaban J connectivity index is 1.97. The minimum absolute atomic E-state index is 0.261. The summed E-state index contributed by atoms with van der Waals surface area (Å²) in [7, 11) is 0. The standard InChI is InChI=1S/C20H16FN3S/c1-12-3-4-13(2)16(9-12)18-11-24-19(23-18)17(10-22-20(24)25)14-5-7-15(21)8-6-14/h3-11,23H,1-2H3. The second kappa shape index (κ2) is 5.93. The molecular formula is C20H16FN3S. The number of hydrogen-bond acceptors (Lipinski definition) is 2. The van der Waals surface area contributed by atoms with E-state index in [1.54, 1.807) is 18.3 Å². The molecule has 1 N–H and O–H groups in total. The van der Waals surface area contributed by atoms with Gasteiger partial charge in [-0.3, -0.25) is 4.40 Å². The first kappa shape index (κ1) is 15.7. The van der Waals surface area contributed by atoms with Gasteiger partial charge in [0.05, 0.1) is 5.69 Å². The van der Waals surface area contributed by atoms with Gasteiger partial charge >= 0.3 is 0 Å². The van der Waals surface area contributed by atoms with Crippen LogP contribution in [0.2, 0.25) is 0 Å². The van der Waals surface area contributed by atoms with Gasteiger partial charge in [0.2, 0.25) is 4.77 Å². The average Bonchev–Trinajstić information content (AvgIpc) is 3.04. The second-order valence-corrected chi connectivity index (χ2v) is 6.53. The summed E-state index contributed by atoms with van der Waals surface area (Å²) in [5.74, 6) is -0.261. The number of rotatable bonds is 2. The van der Waals surface area contributed by atoms with Gasteiger partial charge in [-0.05, 0) is 55.4 Å². The molecule has 0 aliphatic heterocycles. The molecule has 0 aliphatic carbocycles. The van der Waals surface area contributed by atoms with Crippen LogP contribution >= 0.6 is 12.2 Å². The fourth-order valence-electron chi connectivity index (χ4n) is 3.01. The third-order valence-electron chi connectivity index (χ3n) is 4.36. The molecule has 0 radical (unpaired) electrons. The summed E-state index contributed by atoms with van der Waals surface area (Å²) in [5, 5.41) is 0. The van der Waals surface area contributed by atoms with Crippen LogP contribution in [0, 0.1) is 24.4 Å². The van der Waals surface area contributed by atoms with E-state index in [0.717, 1.165) is 28.0 Å². The molecule has 0 aliphatic rings. The SMILES string of the molecule is Cc1ccc(C)c(-c2cn3c(=S)ncc(-c4ccc(F)cc4)c3[nH]2)c1. The quantitative estimate of drug-likeness (QED) is 0.486. The van der Waals surface area contributed by atoms with Gasteiger partial charge in [0.25, 0.3) is 0 Å².